The summed E-state index contributed by atoms with van der Waals surface area (Å²) in [6.07, 6.45) is 0.786. The zero-order chi connectivity index (χ0) is 15.8. The van der Waals surface area contributed by atoms with Gasteiger partial charge in [-0.25, -0.2) is 4.68 Å². The van der Waals surface area contributed by atoms with E-state index >= 15 is 0 Å². The van der Waals surface area contributed by atoms with E-state index in [4.69, 9.17) is 5.10 Å². The monoisotopic (exact) mass is 286 g/mol. The fourth-order valence-corrected chi connectivity index (χ4v) is 2.63. The van der Waals surface area contributed by atoms with Crippen molar-refractivity contribution in [2.75, 3.05) is 0 Å². The van der Waals surface area contributed by atoms with Gasteiger partial charge in [-0.3, -0.25) is 0 Å². The molecule has 0 saturated heterocycles. The Bertz CT molecular complexity index is 633. The van der Waals surface area contributed by atoms with E-state index in [0.717, 1.165) is 29.1 Å². The third kappa shape index (κ3) is 3.12. The molecule has 0 aliphatic heterocycles. The van der Waals surface area contributed by atoms with Gasteiger partial charge in [-0.15, -0.1) is 0 Å². The van der Waals surface area contributed by atoms with Gasteiger partial charge in [0.05, 0.1) is 11.4 Å². The molecule has 0 bridgehead atoms. The standard InChI is InChI=1S/C18H26N2O/c1-12(2)11-14-16(21)17(18(4,5)6)20(19-14)15-10-8-7-9-13(15)3/h7-10,12,21H,11H2,1-6H3. The molecule has 3 heteroatoms. The Hall–Kier alpha value is -1.77. The van der Waals surface area contributed by atoms with Crippen molar-refractivity contribution >= 4 is 0 Å². The summed E-state index contributed by atoms with van der Waals surface area (Å²) in [5.74, 6) is 0.809. The molecule has 0 aliphatic carbocycles. The van der Waals surface area contributed by atoms with Crippen molar-refractivity contribution in [3.8, 4) is 11.4 Å². The average molecular weight is 286 g/mol. The van der Waals surface area contributed by atoms with E-state index < -0.39 is 0 Å². The van der Waals surface area contributed by atoms with Gasteiger partial charge in [0.25, 0.3) is 0 Å². The number of hydrogen-bond acceptors (Lipinski definition) is 2. The summed E-state index contributed by atoms with van der Waals surface area (Å²) < 4.78 is 1.92. The molecule has 3 nitrogen and oxygen atoms in total. The Morgan fingerprint density at radius 3 is 2.33 bits per heavy atom. The molecule has 21 heavy (non-hydrogen) atoms. The van der Waals surface area contributed by atoms with Gasteiger partial charge in [0, 0.05) is 5.41 Å². The van der Waals surface area contributed by atoms with Gasteiger partial charge in [0.15, 0.2) is 5.75 Å². The van der Waals surface area contributed by atoms with Crippen LogP contribution in [0.5, 0.6) is 5.75 Å². The zero-order valence-corrected chi connectivity index (χ0v) is 13.9. The van der Waals surface area contributed by atoms with E-state index in [0.29, 0.717) is 11.7 Å². The number of benzene rings is 1. The van der Waals surface area contributed by atoms with Crippen LogP contribution in [0.4, 0.5) is 0 Å². The molecule has 1 N–H and O–H groups in total. The maximum atomic E-state index is 10.7. The zero-order valence-electron chi connectivity index (χ0n) is 13.9. The molecule has 1 heterocycles. The molecule has 0 atom stereocenters. The second-order valence-corrected chi connectivity index (χ2v) is 7.19. The van der Waals surface area contributed by atoms with Gasteiger partial charge in [-0.1, -0.05) is 52.8 Å². The van der Waals surface area contributed by atoms with Gasteiger partial charge >= 0.3 is 0 Å². The van der Waals surface area contributed by atoms with Gasteiger partial charge < -0.3 is 5.11 Å². The summed E-state index contributed by atoms with van der Waals surface area (Å²) in [6.45, 7) is 12.7. The van der Waals surface area contributed by atoms with E-state index in [-0.39, 0.29) is 5.41 Å². The molecule has 114 valence electrons. The average Bonchev–Trinajstić information content (AvgIpc) is 2.66. The van der Waals surface area contributed by atoms with E-state index in [1.54, 1.807) is 0 Å². The van der Waals surface area contributed by atoms with Gasteiger partial charge in [0.1, 0.15) is 5.69 Å². The van der Waals surface area contributed by atoms with Crippen LogP contribution in [-0.2, 0) is 11.8 Å². The van der Waals surface area contributed by atoms with E-state index in [9.17, 15) is 5.11 Å². The summed E-state index contributed by atoms with van der Waals surface area (Å²) in [7, 11) is 0. The Morgan fingerprint density at radius 1 is 1.19 bits per heavy atom. The smallest absolute Gasteiger partial charge is 0.161 e. The first-order chi connectivity index (χ1) is 9.71. The molecule has 2 rings (SSSR count). The number of aromatic hydroxyl groups is 1. The van der Waals surface area contributed by atoms with Crippen LogP contribution in [0.25, 0.3) is 5.69 Å². The van der Waals surface area contributed by atoms with Crippen molar-refractivity contribution < 1.29 is 5.11 Å². The SMILES string of the molecule is Cc1ccccc1-n1nc(CC(C)C)c(O)c1C(C)(C)C. The largest absolute Gasteiger partial charge is 0.504 e. The highest BCUT2D eigenvalue weighted by Gasteiger charge is 2.28. The van der Waals surface area contributed by atoms with Crippen LogP contribution >= 0.6 is 0 Å². The van der Waals surface area contributed by atoms with Gasteiger partial charge in [-0.2, -0.15) is 5.10 Å². The normalized spacial score (nSPS) is 12.1. The molecule has 0 saturated carbocycles. The lowest BCUT2D eigenvalue weighted by atomic mass is 9.90. The van der Waals surface area contributed by atoms with Crippen molar-refractivity contribution in [2.24, 2.45) is 5.92 Å². The summed E-state index contributed by atoms with van der Waals surface area (Å²) in [4.78, 5) is 0. The molecule has 0 fully saturated rings. The maximum Gasteiger partial charge on any atom is 0.161 e. The molecule has 0 radical (unpaired) electrons. The predicted molar refractivity (Wildman–Crippen MR) is 87.2 cm³/mol. The fraction of sp³-hybridized carbons (Fsp3) is 0.500. The molecular weight excluding hydrogens is 260 g/mol. The highest BCUT2D eigenvalue weighted by molar-refractivity contribution is 5.47. The predicted octanol–water partition coefficient (Wildman–Crippen LogP) is 4.38. The Labute approximate surface area is 127 Å². The van der Waals surface area contributed by atoms with Crippen LogP contribution < -0.4 is 0 Å². The number of rotatable bonds is 3. The van der Waals surface area contributed by atoms with Crippen molar-refractivity contribution in [1.29, 1.82) is 0 Å². The van der Waals surface area contributed by atoms with E-state index in [1.807, 2.05) is 16.8 Å². The number of hydrogen-bond donors (Lipinski definition) is 1. The molecule has 0 spiro atoms. The van der Waals surface area contributed by atoms with Crippen LogP contribution in [-0.4, -0.2) is 14.9 Å². The number of para-hydroxylation sites is 1. The summed E-state index contributed by atoms with van der Waals surface area (Å²) in [5.41, 5.74) is 3.69. The van der Waals surface area contributed by atoms with Crippen LogP contribution in [0, 0.1) is 12.8 Å². The minimum atomic E-state index is -0.172. The minimum Gasteiger partial charge on any atom is -0.504 e. The van der Waals surface area contributed by atoms with Crippen LogP contribution in [0.15, 0.2) is 24.3 Å². The summed E-state index contributed by atoms with van der Waals surface area (Å²) in [5, 5.41) is 15.4. The number of aryl methyl sites for hydroxylation is 1. The third-order valence-corrected chi connectivity index (χ3v) is 3.59. The van der Waals surface area contributed by atoms with Crippen molar-refractivity contribution in [3.63, 3.8) is 0 Å². The molecule has 0 amide bonds. The van der Waals surface area contributed by atoms with Crippen molar-refractivity contribution in [2.45, 2.75) is 53.4 Å². The Kier molecular flexibility index (Phi) is 4.13. The highest BCUT2D eigenvalue weighted by Crippen LogP contribution is 2.36. The quantitative estimate of drug-likeness (QED) is 0.909. The molecule has 0 aliphatic rings. The van der Waals surface area contributed by atoms with Crippen molar-refractivity contribution in [3.05, 3.63) is 41.2 Å². The fourth-order valence-electron chi connectivity index (χ4n) is 2.63. The number of nitrogens with zero attached hydrogens (tertiary/aromatic N) is 2. The van der Waals surface area contributed by atoms with Gasteiger partial charge in [-0.05, 0) is 30.9 Å². The topological polar surface area (TPSA) is 38.0 Å². The summed E-state index contributed by atoms with van der Waals surface area (Å²) in [6, 6.07) is 8.16. The second-order valence-electron chi connectivity index (χ2n) is 7.19. The van der Waals surface area contributed by atoms with Crippen LogP contribution in [0.1, 0.15) is 51.6 Å². The van der Waals surface area contributed by atoms with E-state index in [1.165, 1.54) is 0 Å². The number of aromatic nitrogens is 2. The van der Waals surface area contributed by atoms with Crippen LogP contribution in [0.2, 0.25) is 0 Å². The molecule has 1 aromatic carbocycles. The van der Waals surface area contributed by atoms with E-state index in [2.05, 4.69) is 53.7 Å². The molecular formula is C18H26N2O. The molecule has 2 aromatic rings. The minimum absolute atomic E-state index is 0.172. The van der Waals surface area contributed by atoms with Gasteiger partial charge in [0.2, 0.25) is 0 Å². The first-order valence-electron chi connectivity index (χ1n) is 7.59. The lowest BCUT2D eigenvalue weighted by Gasteiger charge is -2.21. The lowest BCUT2D eigenvalue weighted by Crippen LogP contribution is -2.18. The third-order valence-electron chi connectivity index (χ3n) is 3.59. The summed E-state index contributed by atoms with van der Waals surface area (Å²) >= 11 is 0. The first kappa shape index (κ1) is 15.6. The molecule has 1 aromatic heterocycles. The second kappa shape index (κ2) is 5.55. The first-order valence-corrected chi connectivity index (χ1v) is 7.59. The highest BCUT2D eigenvalue weighted by atomic mass is 16.3. The molecule has 0 unspecified atom stereocenters. The lowest BCUT2D eigenvalue weighted by molar-refractivity contribution is 0.432. The maximum absolute atomic E-state index is 10.7. The Balaban J connectivity index is 2.67. The Morgan fingerprint density at radius 2 is 1.81 bits per heavy atom. The van der Waals surface area contributed by atoms with Crippen molar-refractivity contribution in [1.82, 2.24) is 9.78 Å². The van der Waals surface area contributed by atoms with Crippen LogP contribution in [0.3, 0.4) is 0 Å².